The first kappa shape index (κ1) is 27.6. The van der Waals surface area contributed by atoms with Crippen molar-refractivity contribution in [3.8, 4) is 0 Å². The Hall–Kier alpha value is -3.41. The average molecular weight is 558 g/mol. The van der Waals surface area contributed by atoms with Gasteiger partial charge in [-0.25, -0.2) is 16.8 Å². The van der Waals surface area contributed by atoms with Gasteiger partial charge in [0.25, 0.3) is 10.0 Å². The number of anilines is 2. The molecule has 11 heteroatoms. The lowest BCUT2D eigenvalue weighted by molar-refractivity contribution is -0.144. The van der Waals surface area contributed by atoms with Crippen LogP contribution in [0.15, 0.2) is 82.6 Å². The molecule has 0 saturated carbocycles. The van der Waals surface area contributed by atoms with Gasteiger partial charge in [0.1, 0.15) is 6.04 Å². The van der Waals surface area contributed by atoms with Crippen molar-refractivity contribution in [2.75, 3.05) is 29.8 Å². The largest absolute Gasteiger partial charge is 0.468 e. The molecule has 0 bridgehead atoms. The molecule has 0 aliphatic carbocycles. The number of benzene rings is 3. The highest BCUT2D eigenvalue weighted by atomic mass is 32.2. The normalized spacial score (nSPS) is 16.4. The minimum Gasteiger partial charge on any atom is -0.468 e. The summed E-state index contributed by atoms with van der Waals surface area (Å²) in [5.41, 5.74) is 2.81. The zero-order valence-electron chi connectivity index (χ0n) is 21.7. The van der Waals surface area contributed by atoms with Crippen LogP contribution in [0.25, 0.3) is 0 Å². The number of esters is 1. The van der Waals surface area contributed by atoms with Crippen molar-refractivity contribution in [1.29, 1.82) is 0 Å². The van der Waals surface area contributed by atoms with E-state index >= 15 is 0 Å². The zero-order valence-corrected chi connectivity index (χ0v) is 23.3. The Balaban J connectivity index is 1.74. The zero-order chi connectivity index (χ0) is 27.7. The van der Waals surface area contributed by atoms with E-state index in [1.807, 2.05) is 13.8 Å². The number of para-hydroxylation sites is 2. The summed E-state index contributed by atoms with van der Waals surface area (Å²) in [7, 11) is -6.90. The van der Waals surface area contributed by atoms with E-state index in [0.717, 1.165) is 15.4 Å². The lowest BCUT2D eigenvalue weighted by atomic mass is 10.1. The first-order valence-corrected chi connectivity index (χ1v) is 14.9. The maximum atomic E-state index is 13.7. The third-order valence-corrected chi connectivity index (χ3v) is 10.3. The van der Waals surface area contributed by atoms with E-state index in [4.69, 9.17) is 4.74 Å². The number of fused-ring (bicyclic) bond motifs is 1. The van der Waals surface area contributed by atoms with Gasteiger partial charge < -0.3 is 10.1 Å². The molecule has 202 valence electrons. The fourth-order valence-corrected chi connectivity index (χ4v) is 7.52. The Morgan fingerprint density at radius 2 is 1.50 bits per heavy atom. The topological polar surface area (TPSA) is 113 Å². The van der Waals surface area contributed by atoms with Crippen molar-refractivity contribution in [2.45, 2.75) is 42.6 Å². The Morgan fingerprint density at radius 1 is 0.947 bits per heavy atom. The summed E-state index contributed by atoms with van der Waals surface area (Å²) >= 11 is 0. The molecule has 4 rings (SSSR count). The molecular formula is C27H31N3O6S2. The first-order chi connectivity index (χ1) is 17.9. The third-order valence-electron chi connectivity index (χ3n) is 6.53. The standard InChI is InChI=1S/C27H31N3O6S2/c1-19-9-13-23(14-10-19)37(32,33)29(21(3)27(31)36-4)17-22-18-30(26-8-6-5-7-25(26)28-22)38(34,35)24-15-11-20(2)12-16-24/h5-16,21-22,28H,17-18H2,1-4H3/t21-,22+/m0/s1. The first-order valence-electron chi connectivity index (χ1n) is 12.1. The van der Waals surface area contributed by atoms with Crippen molar-refractivity contribution in [3.63, 3.8) is 0 Å². The molecule has 1 aliphatic rings. The lowest BCUT2D eigenvalue weighted by Gasteiger charge is -2.39. The molecule has 38 heavy (non-hydrogen) atoms. The third kappa shape index (κ3) is 5.40. The molecule has 1 aliphatic heterocycles. The molecular weight excluding hydrogens is 526 g/mol. The number of nitrogens with one attached hydrogen (secondary N) is 1. The second kappa shape index (κ2) is 10.8. The van der Waals surface area contributed by atoms with Gasteiger partial charge in [0.2, 0.25) is 10.0 Å². The summed E-state index contributed by atoms with van der Waals surface area (Å²) in [6.07, 6.45) is 0. The fourth-order valence-electron chi connectivity index (χ4n) is 4.36. The number of hydrogen-bond donors (Lipinski definition) is 1. The monoisotopic (exact) mass is 557 g/mol. The van der Waals surface area contributed by atoms with Crippen LogP contribution in [0.1, 0.15) is 18.1 Å². The van der Waals surface area contributed by atoms with Crippen LogP contribution in [0.2, 0.25) is 0 Å². The van der Waals surface area contributed by atoms with Gasteiger partial charge in [0.15, 0.2) is 0 Å². The molecule has 2 atom stereocenters. The minimum atomic E-state index is -4.13. The number of ether oxygens (including phenoxy) is 1. The van der Waals surface area contributed by atoms with Gasteiger partial charge >= 0.3 is 5.97 Å². The number of carbonyl (C=O) groups excluding carboxylic acids is 1. The number of nitrogens with zero attached hydrogens (tertiary/aromatic N) is 2. The molecule has 1 heterocycles. The van der Waals surface area contributed by atoms with Crippen molar-refractivity contribution in [3.05, 3.63) is 83.9 Å². The maximum absolute atomic E-state index is 13.7. The van der Waals surface area contributed by atoms with Gasteiger partial charge in [-0.1, -0.05) is 47.5 Å². The van der Waals surface area contributed by atoms with Crippen LogP contribution in [0.5, 0.6) is 0 Å². The second-order valence-corrected chi connectivity index (χ2v) is 13.0. The van der Waals surface area contributed by atoms with E-state index in [1.165, 1.54) is 30.5 Å². The number of sulfonamides is 2. The molecule has 9 nitrogen and oxygen atoms in total. The van der Waals surface area contributed by atoms with Crippen LogP contribution >= 0.6 is 0 Å². The number of hydrogen-bond acceptors (Lipinski definition) is 7. The molecule has 3 aromatic carbocycles. The number of carbonyl (C=O) groups is 1. The van der Waals surface area contributed by atoms with Crippen LogP contribution in [0.4, 0.5) is 11.4 Å². The van der Waals surface area contributed by atoms with Crippen molar-refractivity contribution < 1.29 is 26.4 Å². The minimum absolute atomic E-state index is 0.0270. The highest BCUT2D eigenvalue weighted by Gasteiger charge is 2.39. The lowest BCUT2D eigenvalue weighted by Crippen LogP contribution is -2.53. The molecule has 0 fully saturated rings. The molecule has 1 N–H and O–H groups in total. The Labute approximate surface area is 224 Å². The number of rotatable bonds is 8. The molecule has 0 radical (unpaired) electrons. The van der Waals surface area contributed by atoms with E-state index < -0.39 is 38.1 Å². The van der Waals surface area contributed by atoms with Crippen LogP contribution in [-0.2, 0) is 29.6 Å². The Morgan fingerprint density at radius 3 is 2.08 bits per heavy atom. The van der Waals surface area contributed by atoms with Gasteiger partial charge in [-0.15, -0.1) is 0 Å². The van der Waals surface area contributed by atoms with E-state index in [0.29, 0.717) is 11.4 Å². The van der Waals surface area contributed by atoms with E-state index in [2.05, 4.69) is 5.32 Å². The summed E-state index contributed by atoms with van der Waals surface area (Å²) in [5.74, 6) is -0.721. The quantitative estimate of drug-likeness (QED) is 0.422. The molecule has 0 aromatic heterocycles. The maximum Gasteiger partial charge on any atom is 0.323 e. The number of aryl methyl sites for hydroxylation is 2. The predicted molar refractivity (Wildman–Crippen MR) is 146 cm³/mol. The van der Waals surface area contributed by atoms with Gasteiger partial charge in [-0.05, 0) is 57.2 Å². The molecule has 3 aromatic rings. The molecule has 0 unspecified atom stereocenters. The van der Waals surface area contributed by atoms with Crippen molar-refractivity contribution in [2.24, 2.45) is 0 Å². The van der Waals surface area contributed by atoms with E-state index in [9.17, 15) is 21.6 Å². The molecule has 0 spiro atoms. The SMILES string of the molecule is COC(=O)[C@H](C)N(C[C@@H]1CN(S(=O)(=O)c2ccc(C)cc2)c2ccccc2N1)S(=O)(=O)c1ccc(C)cc1. The Kier molecular flexibility index (Phi) is 7.82. The second-order valence-electron chi connectivity index (χ2n) is 9.29. The van der Waals surface area contributed by atoms with Gasteiger partial charge in [-0.3, -0.25) is 9.10 Å². The summed E-state index contributed by atoms with van der Waals surface area (Å²) in [5, 5.41) is 3.27. The molecule has 0 saturated heterocycles. The van der Waals surface area contributed by atoms with Gasteiger partial charge in [0.05, 0.1) is 40.9 Å². The van der Waals surface area contributed by atoms with Crippen molar-refractivity contribution >= 4 is 37.4 Å². The van der Waals surface area contributed by atoms with Gasteiger partial charge in [0, 0.05) is 6.54 Å². The average Bonchev–Trinajstić information content (AvgIpc) is 2.90. The van der Waals surface area contributed by atoms with E-state index in [1.54, 1.807) is 60.7 Å². The van der Waals surface area contributed by atoms with Crippen LogP contribution in [-0.4, -0.2) is 59.4 Å². The fraction of sp³-hybridized carbons (Fsp3) is 0.296. The van der Waals surface area contributed by atoms with Gasteiger partial charge in [-0.2, -0.15) is 4.31 Å². The highest BCUT2D eigenvalue weighted by molar-refractivity contribution is 7.92. The predicted octanol–water partition coefficient (Wildman–Crippen LogP) is 3.55. The summed E-state index contributed by atoms with van der Waals surface area (Å²) in [4.78, 5) is 12.7. The van der Waals surface area contributed by atoms with Crippen molar-refractivity contribution in [1.82, 2.24) is 4.31 Å². The summed E-state index contributed by atoms with van der Waals surface area (Å²) in [6.45, 7) is 4.94. The van der Waals surface area contributed by atoms with Crippen LogP contribution < -0.4 is 9.62 Å². The van der Waals surface area contributed by atoms with E-state index in [-0.39, 0.29) is 22.9 Å². The smallest absolute Gasteiger partial charge is 0.323 e. The molecule has 0 amide bonds. The number of methoxy groups -OCH3 is 1. The van der Waals surface area contributed by atoms with Crippen LogP contribution in [0.3, 0.4) is 0 Å². The summed E-state index contributed by atoms with van der Waals surface area (Å²) in [6, 6.07) is 18.0. The Bertz CT molecular complexity index is 1520. The summed E-state index contributed by atoms with van der Waals surface area (Å²) < 4.78 is 62.1. The van der Waals surface area contributed by atoms with Crippen LogP contribution in [0, 0.1) is 13.8 Å². The highest BCUT2D eigenvalue weighted by Crippen LogP contribution is 2.35.